The Morgan fingerprint density at radius 2 is 1.80 bits per heavy atom. The molecule has 0 aromatic heterocycles. The van der Waals surface area contributed by atoms with Gasteiger partial charge in [0.2, 0.25) is 5.91 Å². The summed E-state index contributed by atoms with van der Waals surface area (Å²) in [6.07, 6.45) is 3.39. The van der Waals surface area contributed by atoms with Crippen LogP contribution < -0.4 is 19.5 Å². The fraction of sp³-hybridized carbons (Fsp3) is 0.250. The first-order chi connectivity index (χ1) is 12.1. The molecular weight excluding hydrogens is 318 g/mol. The highest BCUT2D eigenvalue weighted by Gasteiger charge is 2.12. The van der Waals surface area contributed by atoms with Crippen LogP contribution in [-0.4, -0.2) is 25.2 Å². The summed E-state index contributed by atoms with van der Waals surface area (Å²) < 4.78 is 16.6. The van der Waals surface area contributed by atoms with Crippen LogP contribution in [0, 0.1) is 0 Å². The Labute approximate surface area is 147 Å². The summed E-state index contributed by atoms with van der Waals surface area (Å²) in [5.74, 6) is 1.95. The molecule has 0 saturated carbocycles. The van der Waals surface area contributed by atoms with Gasteiger partial charge in [0.15, 0.2) is 11.5 Å². The molecule has 0 unspecified atom stereocenters. The zero-order valence-electron chi connectivity index (χ0n) is 14.3. The number of carbonyl (C=O) groups excluding carboxylic acids is 1. The summed E-state index contributed by atoms with van der Waals surface area (Å²) in [5.41, 5.74) is 1.59. The number of rotatable bonds is 5. The predicted octanol–water partition coefficient (Wildman–Crippen LogP) is 3.90. The summed E-state index contributed by atoms with van der Waals surface area (Å²) in [5, 5.41) is 2.81. The second-order valence-corrected chi connectivity index (χ2v) is 5.92. The number of hydrogen-bond donors (Lipinski definition) is 1. The van der Waals surface area contributed by atoms with Crippen molar-refractivity contribution in [2.45, 2.75) is 20.0 Å². The molecule has 0 radical (unpaired) electrons. The lowest BCUT2D eigenvalue weighted by molar-refractivity contribution is -0.111. The molecule has 0 atom stereocenters. The number of fused-ring (bicyclic) bond motifs is 1. The SMILES string of the molecule is CC(C)Oc1ccc(/C=C/C(=O)Nc2ccc3c(c2)OCCO3)cc1. The third-order valence-corrected chi connectivity index (χ3v) is 3.49. The Morgan fingerprint density at radius 3 is 2.52 bits per heavy atom. The van der Waals surface area contributed by atoms with E-state index in [2.05, 4.69) is 5.32 Å². The molecule has 130 valence electrons. The molecule has 5 heteroatoms. The van der Waals surface area contributed by atoms with E-state index in [-0.39, 0.29) is 12.0 Å². The minimum atomic E-state index is -0.209. The zero-order valence-corrected chi connectivity index (χ0v) is 14.3. The lowest BCUT2D eigenvalue weighted by Gasteiger charge is -2.18. The maximum atomic E-state index is 12.1. The monoisotopic (exact) mass is 339 g/mol. The van der Waals surface area contributed by atoms with Crippen LogP contribution in [0.4, 0.5) is 5.69 Å². The Kier molecular flexibility index (Phi) is 5.23. The van der Waals surface area contributed by atoms with Crippen LogP contribution in [-0.2, 0) is 4.79 Å². The topological polar surface area (TPSA) is 56.8 Å². The van der Waals surface area contributed by atoms with Gasteiger partial charge in [-0.2, -0.15) is 0 Å². The average Bonchev–Trinajstić information content (AvgIpc) is 2.60. The van der Waals surface area contributed by atoms with E-state index in [9.17, 15) is 4.79 Å². The molecule has 1 aliphatic heterocycles. The van der Waals surface area contributed by atoms with E-state index in [1.807, 2.05) is 38.1 Å². The van der Waals surface area contributed by atoms with Gasteiger partial charge < -0.3 is 19.5 Å². The van der Waals surface area contributed by atoms with Crippen molar-refractivity contribution in [1.29, 1.82) is 0 Å². The number of carbonyl (C=O) groups is 1. The fourth-order valence-electron chi connectivity index (χ4n) is 2.41. The molecule has 25 heavy (non-hydrogen) atoms. The molecule has 2 aromatic rings. The highest BCUT2D eigenvalue weighted by Crippen LogP contribution is 2.32. The standard InChI is InChI=1S/C20H21NO4/c1-14(2)25-17-7-3-15(4-8-17)5-10-20(22)21-16-6-9-18-19(13-16)24-12-11-23-18/h3-10,13-14H,11-12H2,1-2H3,(H,21,22)/b10-5+. The van der Waals surface area contributed by atoms with Crippen LogP contribution in [0.3, 0.4) is 0 Å². The van der Waals surface area contributed by atoms with E-state index in [1.165, 1.54) is 6.08 Å². The van der Waals surface area contributed by atoms with E-state index >= 15 is 0 Å². The van der Waals surface area contributed by atoms with Gasteiger partial charge in [0, 0.05) is 17.8 Å². The van der Waals surface area contributed by atoms with Crippen LogP contribution in [0.5, 0.6) is 17.2 Å². The van der Waals surface area contributed by atoms with Crippen molar-refractivity contribution >= 4 is 17.7 Å². The smallest absolute Gasteiger partial charge is 0.248 e. The first-order valence-corrected chi connectivity index (χ1v) is 8.25. The molecule has 0 saturated heterocycles. The van der Waals surface area contributed by atoms with Gasteiger partial charge in [-0.15, -0.1) is 0 Å². The van der Waals surface area contributed by atoms with Gasteiger partial charge >= 0.3 is 0 Å². The fourth-order valence-corrected chi connectivity index (χ4v) is 2.41. The van der Waals surface area contributed by atoms with Gasteiger partial charge in [0.05, 0.1) is 6.10 Å². The van der Waals surface area contributed by atoms with Crippen LogP contribution in [0.2, 0.25) is 0 Å². The molecule has 0 aliphatic carbocycles. The largest absolute Gasteiger partial charge is 0.491 e. The Morgan fingerprint density at radius 1 is 1.08 bits per heavy atom. The average molecular weight is 339 g/mol. The zero-order chi connectivity index (χ0) is 17.6. The summed E-state index contributed by atoms with van der Waals surface area (Å²) in [6, 6.07) is 12.9. The summed E-state index contributed by atoms with van der Waals surface area (Å²) >= 11 is 0. The van der Waals surface area contributed by atoms with Crippen molar-refractivity contribution in [3.63, 3.8) is 0 Å². The first-order valence-electron chi connectivity index (χ1n) is 8.25. The maximum absolute atomic E-state index is 12.1. The first kappa shape index (κ1) is 16.9. The molecule has 1 heterocycles. The quantitative estimate of drug-likeness (QED) is 0.840. The molecule has 0 bridgehead atoms. The van der Waals surface area contributed by atoms with Gasteiger partial charge in [-0.1, -0.05) is 12.1 Å². The van der Waals surface area contributed by atoms with Gasteiger partial charge in [-0.25, -0.2) is 0 Å². The number of nitrogens with one attached hydrogen (secondary N) is 1. The van der Waals surface area contributed by atoms with Gasteiger partial charge in [0.1, 0.15) is 19.0 Å². The van der Waals surface area contributed by atoms with Crippen LogP contribution in [0.25, 0.3) is 6.08 Å². The predicted molar refractivity (Wildman–Crippen MR) is 97.3 cm³/mol. The molecule has 3 rings (SSSR count). The molecule has 0 fully saturated rings. The van der Waals surface area contributed by atoms with Gasteiger partial charge in [-0.05, 0) is 49.8 Å². The minimum absolute atomic E-state index is 0.137. The highest BCUT2D eigenvalue weighted by molar-refractivity contribution is 6.02. The molecule has 5 nitrogen and oxygen atoms in total. The van der Waals surface area contributed by atoms with Crippen molar-refractivity contribution in [3.8, 4) is 17.2 Å². The summed E-state index contributed by atoms with van der Waals surface area (Å²) in [6.45, 7) is 5.02. The second-order valence-electron chi connectivity index (χ2n) is 5.92. The lowest BCUT2D eigenvalue weighted by Crippen LogP contribution is -2.16. The second kappa shape index (κ2) is 7.75. The lowest BCUT2D eigenvalue weighted by atomic mass is 10.2. The van der Waals surface area contributed by atoms with Crippen LogP contribution in [0.15, 0.2) is 48.5 Å². The normalized spacial score (nSPS) is 13.1. The minimum Gasteiger partial charge on any atom is -0.491 e. The Bertz CT molecular complexity index is 766. The number of hydrogen-bond acceptors (Lipinski definition) is 4. The number of amides is 1. The molecule has 2 aromatic carbocycles. The Hall–Kier alpha value is -2.95. The highest BCUT2D eigenvalue weighted by atomic mass is 16.6. The van der Waals surface area contributed by atoms with Crippen molar-refractivity contribution in [2.24, 2.45) is 0 Å². The summed E-state index contributed by atoms with van der Waals surface area (Å²) in [7, 11) is 0. The van der Waals surface area contributed by atoms with Crippen molar-refractivity contribution in [3.05, 3.63) is 54.1 Å². The molecule has 1 amide bonds. The van der Waals surface area contributed by atoms with Crippen LogP contribution >= 0.6 is 0 Å². The van der Waals surface area contributed by atoms with E-state index in [0.29, 0.717) is 30.4 Å². The van der Waals surface area contributed by atoms with E-state index in [4.69, 9.17) is 14.2 Å². The van der Waals surface area contributed by atoms with E-state index in [1.54, 1.807) is 24.3 Å². The molecule has 1 N–H and O–H groups in total. The van der Waals surface area contributed by atoms with Crippen molar-refractivity contribution in [1.82, 2.24) is 0 Å². The number of anilines is 1. The number of ether oxygens (including phenoxy) is 3. The van der Waals surface area contributed by atoms with Gasteiger partial charge in [0.25, 0.3) is 0 Å². The van der Waals surface area contributed by atoms with E-state index in [0.717, 1.165) is 11.3 Å². The van der Waals surface area contributed by atoms with Crippen molar-refractivity contribution < 1.29 is 19.0 Å². The molecule has 0 spiro atoms. The third kappa shape index (κ3) is 4.76. The molecule has 1 aliphatic rings. The van der Waals surface area contributed by atoms with Crippen molar-refractivity contribution in [2.75, 3.05) is 18.5 Å². The Balaban J connectivity index is 1.59. The maximum Gasteiger partial charge on any atom is 0.248 e. The summed E-state index contributed by atoms with van der Waals surface area (Å²) in [4.78, 5) is 12.1. The third-order valence-electron chi connectivity index (χ3n) is 3.49. The molecular formula is C20H21NO4. The van der Waals surface area contributed by atoms with Crippen LogP contribution in [0.1, 0.15) is 19.4 Å². The van der Waals surface area contributed by atoms with Gasteiger partial charge in [-0.3, -0.25) is 4.79 Å². The number of benzene rings is 2. The van der Waals surface area contributed by atoms with E-state index < -0.39 is 0 Å².